The molecular formula is C9H15N3O. The fraction of sp³-hybridized carbons (Fsp3) is 0.667. The predicted octanol–water partition coefficient (Wildman–Crippen LogP) is 0.0833. The van der Waals surface area contributed by atoms with Crippen molar-refractivity contribution in [3.8, 4) is 0 Å². The minimum atomic E-state index is 0.597. The van der Waals surface area contributed by atoms with Gasteiger partial charge in [-0.05, 0) is 7.05 Å². The Morgan fingerprint density at radius 2 is 2.08 bits per heavy atom. The molecule has 0 bridgehead atoms. The molecule has 0 saturated carbocycles. The van der Waals surface area contributed by atoms with Gasteiger partial charge < -0.3 is 4.90 Å². The second kappa shape index (κ2) is 4.92. The van der Waals surface area contributed by atoms with Crippen LogP contribution in [0.5, 0.6) is 0 Å². The monoisotopic (exact) mass is 181 g/mol. The van der Waals surface area contributed by atoms with Gasteiger partial charge in [-0.25, -0.2) is 4.79 Å². The van der Waals surface area contributed by atoms with Gasteiger partial charge in [0.1, 0.15) is 0 Å². The van der Waals surface area contributed by atoms with Crippen molar-refractivity contribution in [1.29, 1.82) is 0 Å². The molecule has 0 amide bonds. The molecule has 0 N–H and O–H groups in total. The number of isocyanates is 1. The van der Waals surface area contributed by atoms with Crippen LogP contribution in [0.3, 0.4) is 0 Å². The normalized spacial score (nSPS) is 19.5. The van der Waals surface area contributed by atoms with Crippen LogP contribution < -0.4 is 0 Å². The summed E-state index contributed by atoms with van der Waals surface area (Å²) in [4.78, 5) is 17.9. The molecule has 4 nitrogen and oxygen atoms in total. The highest BCUT2D eigenvalue weighted by Gasteiger charge is 2.13. The highest BCUT2D eigenvalue weighted by Crippen LogP contribution is 2.02. The number of piperazine rings is 1. The van der Waals surface area contributed by atoms with Gasteiger partial charge >= 0.3 is 0 Å². The maximum atomic E-state index is 9.93. The van der Waals surface area contributed by atoms with E-state index in [1.165, 1.54) is 6.08 Å². The largest absolute Gasteiger partial charge is 0.304 e. The average Bonchev–Trinajstić information content (AvgIpc) is 2.09. The maximum absolute atomic E-state index is 9.93. The Morgan fingerprint density at radius 1 is 1.46 bits per heavy atom. The second-order valence-electron chi connectivity index (χ2n) is 3.35. The van der Waals surface area contributed by atoms with Crippen molar-refractivity contribution in [2.75, 3.05) is 39.8 Å². The molecule has 13 heavy (non-hydrogen) atoms. The molecule has 0 aliphatic carbocycles. The molecule has 0 aromatic carbocycles. The zero-order chi connectivity index (χ0) is 9.68. The summed E-state index contributed by atoms with van der Waals surface area (Å²) < 4.78 is 0. The van der Waals surface area contributed by atoms with E-state index >= 15 is 0 Å². The van der Waals surface area contributed by atoms with Crippen LogP contribution in [0.4, 0.5) is 0 Å². The van der Waals surface area contributed by atoms with Crippen LogP contribution in [0.15, 0.2) is 17.3 Å². The number of hydrogen-bond acceptors (Lipinski definition) is 4. The number of aliphatic imine (C=N–C) groups is 1. The second-order valence-corrected chi connectivity index (χ2v) is 3.35. The van der Waals surface area contributed by atoms with Gasteiger partial charge in [0.05, 0.1) is 5.70 Å². The third-order valence-corrected chi connectivity index (χ3v) is 2.21. The summed E-state index contributed by atoms with van der Waals surface area (Å²) in [5, 5.41) is 0. The zero-order valence-corrected chi connectivity index (χ0v) is 7.99. The lowest BCUT2D eigenvalue weighted by Gasteiger charge is -2.31. The molecule has 0 spiro atoms. The fourth-order valence-electron chi connectivity index (χ4n) is 1.36. The average molecular weight is 181 g/mol. The standard InChI is InChI=1S/C9H15N3O/c1-9(10-8-13)7-12-5-3-11(2)4-6-12/h1,3-7H2,2H3. The van der Waals surface area contributed by atoms with Crippen molar-refractivity contribution in [2.45, 2.75) is 0 Å². The van der Waals surface area contributed by atoms with Gasteiger partial charge in [0, 0.05) is 32.7 Å². The van der Waals surface area contributed by atoms with E-state index in [9.17, 15) is 4.79 Å². The predicted molar refractivity (Wildman–Crippen MR) is 51.2 cm³/mol. The van der Waals surface area contributed by atoms with Gasteiger partial charge in [0.25, 0.3) is 0 Å². The summed E-state index contributed by atoms with van der Waals surface area (Å²) in [6.45, 7) is 8.53. The van der Waals surface area contributed by atoms with E-state index in [-0.39, 0.29) is 0 Å². The van der Waals surface area contributed by atoms with E-state index in [0.29, 0.717) is 12.2 Å². The van der Waals surface area contributed by atoms with Crippen molar-refractivity contribution in [3.05, 3.63) is 12.3 Å². The smallest absolute Gasteiger partial charge is 0.240 e. The minimum Gasteiger partial charge on any atom is -0.304 e. The molecule has 0 radical (unpaired) electrons. The van der Waals surface area contributed by atoms with Gasteiger partial charge in [-0.1, -0.05) is 6.58 Å². The van der Waals surface area contributed by atoms with Crippen molar-refractivity contribution in [3.63, 3.8) is 0 Å². The molecular weight excluding hydrogens is 166 g/mol. The molecule has 1 rings (SSSR count). The molecule has 1 heterocycles. The molecule has 0 atom stereocenters. The van der Waals surface area contributed by atoms with Crippen LogP contribution in [0.2, 0.25) is 0 Å². The van der Waals surface area contributed by atoms with Crippen LogP contribution in [0, 0.1) is 0 Å². The fourth-order valence-corrected chi connectivity index (χ4v) is 1.36. The summed E-state index contributed by atoms with van der Waals surface area (Å²) in [6, 6.07) is 0. The van der Waals surface area contributed by atoms with Gasteiger partial charge in [0.2, 0.25) is 6.08 Å². The van der Waals surface area contributed by atoms with Crippen molar-refractivity contribution < 1.29 is 4.79 Å². The SMILES string of the molecule is C=C(CN1CCN(C)CC1)N=C=O. The summed E-state index contributed by atoms with van der Waals surface area (Å²) in [5.74, 6) is 0. The molecule has 1 saturated heterocycles. The lowest BCUT2D eigenvalue weighted by atomic mass is 10.3. The number of nitrogens with zero attached hydrogens (tertiary/aromatic N) is 3. The van der Waals surface area contributed by atoms with Gasteiger partial charge in [-0.3, -0.25) is 4.90 Å². The molecule has 0 unspecified atom stereocenters. The number of carbonyl (C=O) groups excluding carboxylic acids is 1. The Labute approximate surface area is 78.5 Å². The van der Waals surface area contributed by atoms with E-state index < -0.39 is 0 Å². The molecule has 4 heteroatoms. The molecule has 0 aromatic rings. The first-order valence-corrected chi connectivity index (χ1v) is 4.39. The highest BCUT2D eigenvalue weighted by molar-refractivity contribution is 5.36. The number of rotatable bonds is 3. The maximum Gasteiger partial charge on any atom is 0.240 e. The van der Waals surface area contributed by atoms with Crippen molar-refractivity contribution in [1.82, 2.24) is 9.80 Å². The highest BCUT2D eigenvalue weighted by atomic mass is 16.1. The first-order valence-electron chi connectivity index (χ1n) is 4.39. The lowest BCUT2D eigenvalue weighted by Crippen LogP contribution is -2.44. The summed E-state index contributed by atoms with van der Waals surface area (Å²) in [6.07, 6.45) is 1.50. The van der Waals surface area contributed by atoms with Crippen LogP contribution in [0.1, 0.15) is 0 Å². The van der Waals surface area contributed by atoms with E-state index in [4.69, 9.17) is 0 Å². The van der Waals surface area contributed by atoms with E-state index in [1.54, 1.807) is 0 Å². The topological polar surface area (TPSA) is 35.9 Å². The Hall–Kier alpha value is -0.960. The molecule has 0 aromatic heterocycles. The molecule has 1 aliphatic heterocycles. The van der Waals surface area contributed by atoms with Crippen LogP contribution >= 0.6 is 0 Å². The molecule has 1 aliphatic rings. The van der Waals surface area contributed by atoms with Crippen molar-refractivity contribution in [2.24, 2.45) is 4.99 Å². The van der Waals surface area contributed by atoms with Gasteiger partial charge in [-0.2, -0.15) is 4.99 Å². The van der Waals surface area contributed by atoms with Crippen LogP contribution in [-0.4, -0.2) is 55.7 Å². The lowest BCUT2D eigenvalue weighted by molar-refractivity contribution is 0.164. The van der Waals surface area contributed by atoms with E-state index in [1.807, 2.05) is 0 Å². The third-order valence-electron chi connectivity index (χ3n) is 2.21. The van der Waals surface area contributed by atoms with E-state index in [0.717, 1.165) is 26.2 Å². The Kier molecular flexibility index (Phi) is 3.83. The summed E-state index contributed by atoms with van der Waals surface area (Å²) in [7, 11) is 2.11. The third kappa shape index (κ3) is 3.51. The van der Waals surface area contributed by atoms with E-state index in [2.05, 4.69) is 28.4 Å². The van der Waals surface area contributed by atoms with Gasteiger partial charge in [0.15, 0.2) is 0 Å². The zero-order valence-electron chi connectivity index (χ0n) is 7.99. The summed E-state index contributed by atoms with van der Waals surface area (Å²) >= 11 is 0. The number of likely N-dealkylation sites (N-methyl/N-ethyl adjacent to an activating group) is 1. The molecule has 1 fully saturated rings. The molecule has 72 valence electrons. The Balaban J connectivity index is 2.30. The minimum absolute atomic E-state index is 0.597. The van der Waals surface area contributed by atoms with Crippen LogP contribution in [-0.2, 0) is 4.79 Å². The van der Waals surface area contributed by atoms with Crippen molar-refractivity contribution >= 4 is 6.08 Å². The van der Waals surface area contributed by atoms with Gasteiger partial charge in [-0.15, -0.1) is 0 Å². The summed E-state index contributed by atoms with van der Waals surface area (Å²) in [5.41, 5.74) is 0.597. The van der Waals surface area contributed by atoms with Crippen LogP contribution in [0.25, 0.3) is 0 Å². The number of hydrogen-bond donors (Lipinski definition) is 0. The first-order chi connectivity index (χ1) is 6.22. The first kappa shape index (κ1) is 10.1. The quantitative estimate of drug-likeness (QED) is 0.457. The Morgan fingerprint density at radius 3 is 2.62 bits per heavy atom. The Bertz CT molecular complexity index is 225.